The highest BCUT2D eigenvalue weighted by atomic mass is 32.7. The van der Waals surface area contributed by atoms with Crippen molar-refractivity contribution >= 4 is 64.0 Å². The van der Waals surface area contributed by atoms with Crippen LogP contribution in [-0.4, -0.2) is 99.3 Å². The van der Waals surface area contributed by atoms with Crippen LogP contribution >= 0.6 is 18.2 Å². The normalized spacial score (nSPS) is 24.5. The van der Waals surface area contributed by atoms with Crippen molar-refractivity contribution in [1.29, 1.82) is 5.26 Å². The van der Waals surface area contributed by atoms with Crippen LogP contribution in [0.3, 0.4) is 0 Å². The van der Waals surface area contributed by atoms with E-state index in [1.54, 1.807) is 4.57 Å². The summed E-state index contributed by atoms with van der Waals surface area (Å²) in [5.74, 6) is -0.725. The monoisotopic (exact) mass is 747 g/mol. The maximum atomic E-state index is 14.3. The molecule has 0 saturated carbocycles. The van der Waals surface area contributed by atoms with Gasteiger partial charge in [0.1, 0.15) is 54.5 Å². The minimum atomic E-state index is -4.14. The molecule has 0 bridgehead atoms. The molecule has 51 heavy (non-hydrogen) atoms. The molecule has 23 heteroatoms. The third-order valence-electron chi connectivity index (χ3n) is 8.09. The van der Waals surface area contributed by atoms with Gasteiger partial charge < -0.3 is 35.6 Å². The number of Topliss-reactive ketones (excluding diaryl/α,β-unsaturated/α-hetero) is 1. The Balaban J connectivity index is 1.21. The minimum Gasteiger partial charge on any atom is -0.459 e. The van der Waals surface area contributed by atoms with Gasteiger partial charge in [0.15, 0.2) is 22.6 Å². The zero-order chi connectivity index (χ0) is 36.3. The van der Waals surface area contributed by atoms with Gasteiger partial charge in [-0.15, -0.1) is 0 Å². The molecule has 7 atom stereocenters. The Bertz CT molecular complexity index is 2070. The van der Waals surface area contributed by atoms with Crippen molar-refractivity contribution < 1.29 is 42.5 Å². The average molecular weight is 748 g/mol. The largest absolute Gasteiger partial charge is 0.459 e. The molecule has 0 aliphatic carbocycles. The van der Waals surface area contributed by atoms with E-state index in [2.05, 4.69) is 29.9 Å². The quantitative estimate of drug-likeness (QED) is 0.0752. The first kappa shape index (κ1) is 36.3. The molecule has 6 N–H and O–H groups in total. The SMILES string of the molecule is CC(=O)CCC(=O)O[C@H]1C[C@H](n2cnc3c(N)ncnc32)O[C@@H]1COP(=O)(O[C@H]1C[C@H](n2cnc3c(=O)[nH]c(N)nc32)O[C@@H]1CO)SCCC#N. The number of aliphatic hydroxyl groups is 1. The topological polar surface area (TPSA) is 301 Å². The van der Waals surface area contributed by atoms with Crippen LogP contribution in [0.25, 0.3) is 22.3 Å². The van der Waals surface area contributed by atoms with Crippen LogP contribution in [0.4, 0.5) is 11.8 Å². The predicted molar refractivity (Wildman–Crippen MR) is 177 cm³/mol. The van der Waals surface area contributed by atoms with Crippen LogP contribution in [0.1, 0.15) is 51.5 Å². The number of H-pyrrole nitrogens is 1. The summed E-state index contributed by atoms with van der Waals surface area (Å²) in [6, 6.07) is 1.98. The van der Waals surface area contributed by atoms with Gasteiger partial charge >= 0.3 is 12.8 Å². The summed E-state index contributed by atoms with van der Waals surface area (Å²) < 4.78 is 47.3. The number of nitriles is 1. The van der Waals surface area contributed by atoms with Gasteiger partial charge in [-0.05, 0) is 18.3 Å². The molecule has 2 fully saturated rings. The molecule has 6 heterocycles. The lowest BCUT2D eigenvalue weighted by molar-refractivity contribution is -0.153. The van der Waals surface area contributed by atoms with Gasteiger partial charge in [-0.1, -0.05) is 0 Å². The fraction of sp³-hybridized carbons (Fsp3) is 0.536. The number of nitrogens with one attached hydrogen (secondary N) is 1. The molecule has 4 aromatic rings. The number of carbonyl (C=O) groups is 2. The number of fused-ring (bicyclic) bond motifs is 2. The van der Waals surface area contributed by atoms with Crippen molar-refractivity contribution in [2.45, 2.75) is 75.9 Å². The Kier molecular flexibility index (Phi) is 11.0. The van der Waals surface area contributed by atoms with E-state index < -0.39 is 61.8 Å². The number of esters is 1. The molecule has 4 aromatic heterocycles. The second kappa shape index (κ2) is 15.4. The van der Waals surface area contributed by atoms with Crippen LogP contribution in [0.15, 0.2) is 23.8 Å². The maximum Gasteiger partial charge on any atom is 0.389 e. The zero-order valence-corrected chi connectivity index (χ0v) is 28.8. The number of ether oxygens (including phenoxy) is 3. The predicted octanol–water partition coefficient (Wildman–Crippen LogP) is 1.13. The lowest BCUT2D eigenvalue weighted by atomic mass is 10.2. The number of ketones is 1. The third kappa shape index (κ3) is 8.04. The molecule has 0 spiro atoms. The molecule has 2 aliphatic rings. The number of anilines is 2. The van der Waals surface area contributed by atoms with E-state index in [1.807, 2.05) is 6.07 Å². The highest BCUT2D eigenvalue weighted by Crippen LogP contribution is 2.63. The zero-order valence-electron chi connectivity index (χ0n) is 27.1. The highest BCUT2D eigenvalue weighted by Gasteiger charge is 2.45. The summed E-state index contributed by atoms with van der Waals surface area (Å²) >= 11 is 0.776. The molecule has 2 aliphatic heterocycles. The van der Waals surface area contributed by atoms with E-state index in [1.165, 1.54) is 30.5 Å². The fourth-order valence-corrected chi connectivity index (χ4v) is 9.01. The summed E-state index contributed by atoms with van der Waals surface area (Å²) in [6.07, 6.45) is -1.39. The highest BCUT2D eigenvalue weighted by molar-refractivity contribution is 8.55. The van der Waals surface area contributed by atoms with Crippen LogP contribution in [-0.2, 0) is 37.4 Å². The first-order valence-electron chi connectivity index (χ1n) is 15.7. The minimum absolute atomic E-state index is 0.0107. The van der Waals surface area contributed by atoms with Crippen molar-refractivity contribution in [1.82, 2.24) is 39.0 Å². The van der Waals surface area contributed by atoms with Crippen molar-refractivity contribution in [3.05, 3.63) is 29.3 Å². The van der Waals surface area contributed by atoms with E-state index in [-0.39, 0.29) is 73.2 Å². The molecular formula is C28H34N11O10PS. The average Bonchev–Trinajstić information content (AvgIpc) is 3.88. The van der Waals surface area contributed by atoms with Gasteiger partial charge in [-0.2, -0.15) is 10.2 Å². The third-order valence-corrected chi connectivity index (χ3v) is 11.9. The first-order chi connectivity index (χ1) is 24.5. The molecule has 272 valence electrons. The Labute approximate surface area is 292 Å². The maximum absolute atomic E-state index is 14.3. The number of nitrogens with two attached hydrogens (primary N) is 2. The smallest absolute Gasteiger partial charge is 0.389 e. The van der Waals surface area contributed by atoms with Crippen molar-refractivity contribution in [2.24, 2.45) is 0 Å². The Morgan fingerprint density at radius 3 is 2.51 bits per heavy atom. The first-order valence-corrected chi connectivity index (χ1v) is 18.8. The fourth-order valence-electron chi connectivity index (χ4n) is 5.66. The van der Waals surface area contributed by atoms with Crippen LogP contribution in [0.2, 0.25) is 0 Å². The van der Waals surface area contributed by atoms with Crippen LogP contribution in [0, 0.1) is 11.3 Å². The summed E-state index contributed by atoms with van der Waals surface area (Å²) in [5, 5.41) is 19.3. The van der Waals surface area contributed by atoms with E-state index in [9.17, 15) is 24.1 Å². The molecular weight excluding hydrogens is 713 g/mol. The lowest BCUT2D eigenvalue weighted by Crippen LogP contribution is -2.31. The summed E-state index contributed by atoms with van der Waals surface area (Å²) in [4.78, 5) is 59.6. The van der Waals surface area contributed by atoms with Gasteiger partial charge in [0.2, 0.25) is 5.95 Å². The Morgan fingerprint density at radius 1 is 1.08 bits per heavy atom. The number of carbonyl (C=O) groups excluding carboxylic acids is 2. The van der Waals surface area contributed by atoms with E-state index in [4.69, 9.17) is 40.0 Å². The molecule has 21 nitrogen and oxygen atoms in total. The van der Waals surface area contributed by atoms with Crippen molar-refractivity contribution in [2.75, 3.05) is 30.4 Å². The molecule has 1 unspecified atom stereocenters. The van der Waals surface area contributed by atoms with Gasteiger partial charge in [-0.3, -0.25) is 32.8 Å². The molecule has 0 amide bonds. The second-order valence-electron chi connectivity index (χ2n) is 11.6. The lowest BCUT2D eigenvalue weighted by Gasteiger charge is -2.25. The summed E-state index contributed by atoms with van der Waals surface area (Å²) in [5.41, 5.74) is 12.0. The molecule has 0 aromatic carbocycles. The number of aromatic amines is 1. The van der Waals surface area contributed by atoms with Crippen molar-refractivity contribution in [3.8, 4) is 6.07 Å². The van der Waals surface area contributed by atoms with Gasteiger partial charge in [-0.25, -0.2) is 24.5 Å². The second-order valence-corrected chi connectivity index (χ2v) is 15.8. The van der Waals surface area contributed by atoms with E-state index >= 15 is 0 Å². The van der Waals surface area contributed by atoms with Crippen LogP contribution < -0.4 is 17.0 Å². The number of rotatable bonds is 15. The summed E-state index contributed by atoms with van der Waals surface area (Å²) in [7, 11) is 0. The number of hydrogen-bond acceptors (Lipinski definition) is 19. The van der Waals surface area contributed by atoms with Gasteiger partial charge in [0.05, 0.1) is 38.4 Å². The number of nitrogen functional groups attached to an aromatic ring is 2. The standard InChI is InChI=1S/C28H34N11O10PS/c1-14(41)3-4-21(42)48-15-7-19(38-12-34-22-24(30)32-11-33-25(22)38)47-18(15)10-45-50(44,51-6-2-5-29)49-16-8-20(46-17(16)9-40)39-13-35-23-26(39)36-28(31)37-27(23)43/h11-13,15-20,40H,2-4,6-10H2,1H3,(H2,30,32,33)(H3,31,36,37,43)/t15-,16-,17+,18+,19+,20+,50?/m0/s1. The molecule has 6 rings (SSSR count). The van der Waals surface area contributed by atoms with Crippen LogP contribution in [0.5, 0.6) is 0 Å². The van der Waals surface area contributed by atoms with Gasteiger partial charge in [0.25, 0.3) is 5.56 Å². The number of hydrogen-bond donors (Lipinski definition) is 4. The summed E-state index contributed by atoms with van der Waals surface area (Å²) in [6.45, 7) is -3.69. The number of aromatic nitrogens is 8. The van der Waals surface area contributed by atoms with E-state index in [0.29, 0.717) is 11.2 Å². The number of imidazole rings is 2. The number of aliphatic hydroxyl groups excluding tert-OH is 1. The number of nitrogens with zero attached hydrogens (tertiary/aromatic N) is 8. The van der Waals surface area contributed by atoms with E-state index in [0.717, 1.165) is 11.4 Å². The van der Waals surface area contributed by atoms with Gasteiger partial charge in [0, 0.05) is 31.4 Å². The Hall–Kier alpha value is -4.49. The van der Waals surface area contributed by atoms with Crippen molar-refractivity contribution in [3.63, 3.8) is 0 Å². The molecule has 0 radical (unpaired) electrons. The molecule has 2 saturated heterocycles. The Morgan fingerprint density at radius 2 is 1.78 bits per heavy atom.